The first kappa shape index (κ1) is 29.2. The summed E-state index contributed by atoms with van der Waals surface area (Å²) < 4.78 is 13.0. The topological polar surface area (TPSA) is 96.3 Å². The Kier molecular flexibility index (Phi) is 8.75. The van der Waals surface area contributed by atoms with Crippen LogP contribution in [0.25, 0.3) is 16.8 Å². The summed E-state index contributed by atoms with van der Waals surface area (Å²) in [6.45, 7) is 10.6. The van der Waals surface area contributed by atoms with Crippen LogP contribution in [-0.4, -0.2) is 97.1 Å². The molecular weight excluding hydrogens is 573 g/mol. The Labute approximate surface area is 259 Å². The van der Waals surface area contributed by atoms with Gasteiger partial charge in [0.05, 0.1) is 38.1 Å². The SMILES string of the molecule is Cc1cc(-c2cnn3c(NCCN4CCOCC4)cc(Pc4cccc(N5CCOCC5)c4)nc23)ccc1C(=O)NC1CC1. The van der Waals surface area contributed by atoms with Crippen LogP contribution in [0, 0.1) is 6.92 Å². The van der Waals surface area contributed by atoms with Crippen molar-refractivity contribution in [1.29, 1.82) is 0 Å². The van der Waals surface area contributed by atoms with E-state index in [2.05, 4.69) is 56.8 Å². The molecule has 7 rings (SSSR count). The maximum atomic E-state index is 12.8. The van der Waals surface area contributed by atoms with Crippen LogP contribution in [-0.2, 0) is 9.47 Å². The van der Waals surface area contributed by atoms with E-state index in [0.717, 1.165) is 118 Å². The molecule has 2 N–H and O–H groups in total. The molecule has 2 saturated heterocycles. The lowest BCUT2D eigenvalue weighted by Crippen LogP contribution is -2.39. The van der Waals surface area contributed by atoms with Crippen molar-refractivity contribution in [2.45, 2.75) is 25.8 Å². The first-order chi connectivity index (χ1) is 21.6. The predicted molar refractivity (Wildman–Crippen MR) is 176 cm³/mol. The lowest BCUT2D eigenvalue weighted by Gasteiger charge is -2.29. The van der Waals surface area contributed by atoms with Crippen LogP contribution < -0.4 is 26.3 Å². The minimum atomic E-state index is 0.00379. The number of anilines is 2. The Hall–Kier alpha value is -3.56. The van der Waals surface area contributed by atoms with E-state index < -0.39 is 0 Å². The molecule has 4 heterocycles. The van der Waals surface area contributed by atoms with Crippen molar-refractivity contribution in [3.8, 4) is 11.1 Å². The standard InChI is InChI=1S/C33H40N7O3P/c1-23-19-24(5-8-28(23)33(41)36-25-6-7-25)29-22-35-40-30(34-9-10-38-11-15-42-16-12-38)21-31(37-32(29)40)44-27-4-2-3-26(20-27)39-13-17-43-18-14-39/h2-5,8,19-22,25,34,44H,6-7,9-18H2,1H3,(H,36,41). The Morgan fingerprint density at radius 3 is 2.57 bits per heavy atom. The van der Waals surface area contributed by atoms with Gasteiger partial charge in [-0.15, -0.1) is 0 Å². The number of benzene rings is 2. The van der Waals surface area contributed by atoms with E-state index in [1.807, 2.05) is 29.8 Å². The molecule has 3 aliphatic rings. The van der Waals surface area contributed by atoms with Gasteiger partial charge in [-0.2, -0.15) is 9.61 Å². The summed E-state index contributed by atoms with van der Waals surface area (Å²) in [5.74, 6) is 0.933. The van der Waals surface area contributed by atoms with Gasteiger partial charge in [-0.1, -0.05) is 24.3 Å². The highest BCUT2D eigenvalue weighted by Gasteiger charge is 2.25. The van der Waals surface area contributed by atoms with Crippen LogP contribution in [0.2, 0.25) is 0 Å². The van der Waals surface area contributed by atoms with E-state index in [-0.39, 0.29) is 5.91 Å². The average molecular weight is 614 g/mol. The van der Waals surface area contributed by atoms with Crippen LogP contribution >= 0.6 is 8.58 Å². The monoisotopic (exact) mass is 613 g/mol. The predicted octanol–water partition coefficient (Wildman–Crippen LogP) is 2.81. The number of amides is 1. The highest BCUT2D eigenvalue weighted by atomic mass is 31.1. The number of rotatable bonds is 10. The van der Waals surface area contributed by atoms with Crippen molar-refractivity contribution >= 4 is 42.4 Å². The van der Waals surface area contributed by atoms with Crippen molar-refractivity contribution in [2.24, 2.45) is 0 Å². The number of hydrogen-bond acceptors (Lipinski definition) is 8. The van der Waals surface area contributed by atoms with Gasteiger partial charge in [-0.25, -0.2) is 4.98 Å². The molecule has 2 aromatic heterocycles. The highest BCUT2D eigenvalue weighted by molar-refractivity contribution is 7.55. The normalized spacial score (nSPS) is 17.9. The van der Waals surface area contributed by atoms with Crippen LogP contribution in [0.3, 0.4) is 0 Å². The maximum Gasteiger partial charge on any atom is 0.251 e. The lowest BCUT2D eigenvalue weighted by molar-refractivity contribution is 0.0398. The number of carbonyl (C=O) groups excluding carboxylic acids is 1. The van der Waals surface area contributed by atoms with Crippen molar-refractivity contribution in [3.05, 3.63) is 65.9 Å². The minimum absolute atomic E-state index is 0.00379. The quantitative estimate of drug-likeness (QED) is 0.264. The van der Waals surface area contributed by atoms with E-state index >= 15 is 0 Å². The van der Waals surface area contributed by atoms with Gasteiger partial charge in [0.25, 0.3) is 5.91 Å². The van der Waals surface area contributed by atoms with Crippen LogP contribution in [0.15, 0.2) is 54.7 Å². The smallest absolute Gasteiger partial charge is 0.251 e. The molecule has 1 unspecified atom stereocenters. The molecule has 0 bridgehead atoms. The van der Waals surface area contributed by atoms with E-state index in [1.165, 1.54) is 11.0 Å². The summed E-state index contributed by atoms with van der Waals surface area (Å²) in [5, 5.41) is 12.8. The Morgan fingerprint density at radius 1 is 1.00 bits per heavy atom. The van der Waals surface area contributed by atoms with E-state index in [0.29, 0.717) is 14.6 Å². The second-order valence-electron chi connectivity index (χ2n) is 11.8. The van der Waals surface area contributed by atoms with Crippen LogP contribution in [0.4, 0.5) is 11.5 Å². The Bertz CT molecular complexity index is 1630. The van der Waals surface area contributed by atoms with Gasteiger partial charge in [0, 0.05) is 68.2 Å². The van der Waals surface area contributed by atoms with Gasteiger partial charge in [-0.05, 0) is 63.0 Å². The molecule has 0 spiro atoms. The lowest BCUT2D eigenvalue weighted by atomic mass is 10.0. The fraction of sp³-hybridized carbons (Fsp3) is 0.424. The molecule has 44 heavy (non-hydrogen) atoms. The van der Waals surface area contributed by atoms with Crippen LogP contribution in [0.5, 0.6) is 0 Å². The zero-order chi connectivity index (χ0) is 29.9. The van der Waals surface area contributed by atoms with Crippen molar-refractivity contribution in [1.82, 2.24) is 24.8 Å². The Balaban J connectivity index is 1.18. The third-order valence-corrected chi connectivity index (χ3v) is 9.61. The number of carbonyl (C=O) groups is 1. The third kappa shape index (κ3) is 6.74. The molecule has 0 radical (unpaired) electrons. The Morgan fingerprint density at radius 2 is 1.80 bits per heavy atom. The number of ether oxygens (including phenoxy) is 2. The summed E-state index contributed by atoms with van der Waals surface area (Å²) in [4.78, 5) is 22.7. The van der Waals surface area contributed by atoms with E-state index in [4.69, 9.17) is 19.6 Å². The second kappa shape index (κ2) is 13.2. The molecule has 230 valence electrons. The summed E-state index contributed by atoms with van der Waals surface area (Å²) in [6, 6.07) is 17.3. The average Bonchev–Trinajstić information content (AvgIpc) is 3.76. The van der Waals surface area contributed by atoms with Gasteiger partial charge in [0.2, 0.25) is 0 Å². The van der Waals surface area contributed by atoms with Gasteiger partial charge in [0.1, 0.15) is 5.82 Å². The molecular formula is C33H40N7O3P. The number of hydrogen-bond donors (Lipinski definition) is 2. The summed E-state index contributed by atoms with van der Waals surface area (Å²) >= 11 is 0. The number of nitrogens with one attached hydrogen (secondary N) is 2. The molecule has 1 saturated carbocycles. The number of aromatic nitrogens is 3. The molecule has 1 atom stereocenters. The van der Waals surface area contributed by atoms with Crippen molar-refractivity contribution in [2.75, 3.05) is 75.9 Å². The minimum Gasteiger partial charge on any atom is -0.379 e. The van der Waals surface area contributed by atoms with Gasteiger partial charge in [-0.3, -0.25) is 9.69 Å². The molecule has 3 fully saturated rings. The summed E-state index contributed by atoms with van der Waals surface area (Å²) in [6.07, 6.45) is 4.03. The largest absolute Gasteiger partial charge is 0.379 e. The zero-order valence-corrected chi connectivity index (χ0v) is 26.2. The fourth-order valence-corrected chi connectivity index (χ4v) is 6.92. The first-order valence-corrected chi connectivity index (χ1v) is 16.7. The van der Waals surface area contributed by atoms with E-state index in [1.54, 1.807) is 0 Å². The molecule has 4 aromatic rings. The van der Waals surface area contributed by atoms with Gasteiger partial charge >= 0.3 is 0 Å². The third-order valence-electron chi connectivity index (χ3n) is 8.50. The zero-order valence-electron chi connectivity index (χ0n) is 25.2. The number of morpholine rings is 2. The molecule has 2 aliphatic heterocycles. The molecule has 11 heteroatoms. The molecule has 2 aromatic carbocycles. The summed E-state index contributed by atoms with van der Waals surface area (Å²) in [7, 11) is 0.389. The van der Waals surface area contributed by atoms with Crippen molar-refractivity contribution < 1.29 is 14.3 Å². The number of nitrogens with zero attached hydrogens (tertiary/aromatic N) is 5. The fourth-order valence-electron chi connectivity index (χ4n) is 5.85. The molecule has 1 amide bonds. The summed E-state index contributed by atoms with van der Waals surface area (Å²) in [5.41, 5.74) is 6.66. The second-order valence-corrected chi connectivity index (χ2v) is 13.1. The number of aryl methyl sites for hydroxylation is 1. The maximum absolute atomic E-state index is 12.8. The molecule has 10 nitrogen and oxygen atoms in total. The van der Waals surface area contributed by atoms with E-state index in [9.17, 15) is 4.79 Å². The van der Waals surface area contributed by atoms with Crippen molar-refractivity contribution in [3.63, 3.8) is 0 Å². The molecule has 1 aliphatic carbocycles. The van der Waals surface area contributed by atoms with Gasteiger partial charge in [0.15, 0.2) is 5.65 Å². The van der Waals surface area contributed by atoms with Gasteiger partial charge < -0.3 is 25.0 Å². The highest BCUT2D eigenvalue weighted by Crippen LogP contribution is 2.29. The first-order valence-electron chi connectivity index (χ1n) is 15.7. The van der Waals surface area contributed by atoms with Crippen LogP contribution in [0.1, 0.15) is 28.8 Å². The number of fused-ring (bicyclic) bond motifs is 1.